The van der Waals surface area contributed by atoms with Crippen molar-refractivity contribution in [2.75, 3.05) is 0 Å². The van der Waals surface area contributed by atoms with Gasteiger partial charge in [-0.05, 0) is 30.2 Å². The van der Waals surface area contributed by atoms with Gasteiger partial charge in [0.25, 0.3) is 5.91 Å². The lowest BCUT2D eigenvalue weighted by Gasteiger charge is -2.02. The van der Waals surface area contributed by atoms with E-state index in [2.05, 4.69) is 47.5 Å². The number of thiophene rings is 1. The number of nitrogens with zero attached hydrogens (tertiary/aromatic N) is 2. The molecule has 124 valence electrons. The van der Waals surface area contributed by atoms with Crippen LogP contribution in [0.2, 0.25) is 0 Å². The summed E-state index contributed by atoms with van der Waals surface area (Å²) in [6.45, 7) is 2.05. The highest BCUT2D eigenvalue weighted by molar-refractivity contribution is 7.22. The summed E-state index contributed by atoms with van der Waals surface area (Å²) in [7, 11) is 0. The molecule has 0 saturated carbocycles. The molecule has 1 aromatic carbocycles. The average molecular weight is 349 g/mol. The van der Waals surface area contributed by atoms with E-state index in [-0.39, 0.29) is 5.69 Å². The fraction of sp³-hybridized carbons (Fsp3) is 0.105. The number of fused-ring (bicyclic) bond motifs is 1. The molecule has 6 heteroatoms. The van der Waals surface area contributed by atoms with Gasteiger partial charge in [0.1, 0.15) is 0 Å². The minimum atomic E-state index is -0.565. The summed E-state index contributed by atoms with van der Waals surface area (Å²) in [4.78, 5) is 12.8. The van der Waals surface area contributed by atoms with Crippen molar-refractivity contribution in [3.63, 3.8) is 0 Å². The predicted octanol–water partition coefficient (Wildman–Crippen LogP) is 3.95. The molecule has 1 amide bonds. The standard InChI is InChI=1S/C19H15N3O2S/c1-11-2-4-13(5-3-11)16-9-14-15(8-12-6-7-24-10-12)21-22-17(19(20)23)18(14)25-16/h2-7,9-10H,8H2,1H3,(H2,20,23). The van der Waals surface area contributed by atoms with Gasteiger partial charge in [-0.3, -0.25) is 4.79 Å². The van der Waals surface area contributed by atoms with Crippen LogP contribution in [0.25, 0.3) is 20.5 Å². The third kappa shape index (κ3) is 2.92. The monoisotopic (exact) mass is 349 g/mol. The van der Waals surface area contributed by atoms with Gasteiger partial charge in [-0.15, -0.1) is 16.4 Å². The Balaban J connectivity index is 1.88. The molecule has 5 nitrogen and oxygen atoms in total. The van der Waals surface area contributed by atoms with Crippen molar-refractivity contribution < 1.29 is 9.21 Å². The Morgan fingerprint density at radius 2 is 2.00 bits per heavy atom. The molecule has 0 spiro atoms. The summed E-state index contributed by atoms with van der Waals surface area (Å²) >= 11 is 1.51. The maximum Gasteiger partial charge on any atom is 0.270 e. The highest BCUT2D eigenvalue weighted by Crippen LogP contribution is 2.36. The zero-order valence-corrected chi connectivity index (χ0v) is 14.3. The largest absolute Gasteiger partial charge is 0.472 e. The van der Waals surface area contributed by atoms with Gasteiger partial charge in [-0.25, -0.2) is 0 Å². The predicted molar refractivity (Wildman–Crippen MR) is 97.6 cm³/mol. The minimum absolute atomic E-state index is 0.217. The van der Waals surface area contributed by atoms with Crippen molar-refractivity contribution >= 4 is 27.3 Å². The zero-order valence-electron chi connectivity index (χ0n) is 13.5. The Morgan fingerprint density at radius 3 is 2.68 bits per heavy atom. The highest BCUT2D eigenvalue weighted by Gasteiger charge is 2.18. The quantitative estimate of drug-likeness (QED) is 0.605. The number of nitrogens with two attached hydrogens (primary N) is 1. The van der Waals surface area contributed by atoms with E-state index in [0.717, 1.165) is 31.8 Å². The number of aromatic nitrogens is 2. The molecule has 2 N–H and O–H groups in total. The molecule has 0 aliphatic rings. The molecule has 0 saturated heterocycles. The smallest absolute Gasteiger partial charge is 0.270 e. The second kappa shape index (κ2) is 6.14. The molecule has 0 aliphatic heterocycles. The molecule has 0 unspecified atom stereocenters. The molecule has 0 radical (unpaired) electrons. The van der Waals surface area contributed by atoms with Crippen LogP contribution in [0.3, 0.4) is 0 Å². The molecule has 0 atom stereocenters. The molecular weight excluding hydrogens is 334 g/mol. The number of furan rings is 1. The lowest BCUT2D eigenvalue weighted by Crippen LogP contribution is -2.14. The second-order valence-corrected chi connectivity index (χ2v) is 6.94. The first kappa shape index (κ1) is 15.5. The van der Waals surface area contributed by atoms with Crippen molar-refractivity contribution in [2.24, 2.45) is 5.73 Å². The van der Waals surface area contributed by atoms with Gasteiger partial charge in [0.15, 0.2) is 5.69 Å². The lowest BCUT2D eigenvalue weighted by atomic mass is 10.1. The van der Waals surface area contributed by atoms with E-state index in [9.17, 15) is 4.79 Å². The first-order valence-electron chi connectivity index (χ1n) is 7.79. The third-order valence-corrected chi connectivity index (χ3v) is 5.24. The van der Waals surface area contributed by atoms with E-state index < -0.39 is 5.91 Å². The third-order valence-electron chi connectivity index (χ3n) is 4.05. The Kier molecular flexibility index (Phi) is 3.82. The normalized spacial score (nSPS) is 11.1. The fourth-order valence-corrected chi connectivity index (χ4v) is 3.90. The summed E-state index contributed by atoms with van der Waals surface area (Å²) in [5, 5.41) is 9.21. The number of carbonyl (C=O) groups excluding carboxylic acids is 1. The molecule has 0 bridgehead atoms. The van der Waals surface area contributed by atoms with Gasteiger partial charge in [0.2, 0.25) is 0 Å². The first-order chi connectivity index (χ1) is 12.1. The molecule has 25 heavy (non-hydrogen) atoms. The van der Waals surface area contributed by atoms with Crippen molar-refractivity contribution in [3.8, 4) is 10.4 Å². The van der Waals surface area contributed by atoms with Crippen molar-refractivity contribution in [2.45, 2.75) is 13.3 Å². The van der Waals surface area contributed by atoms with E-state index >= 15 is 0 Å². The SMILES string of the molecule is Cc1ccc(-c2cc3c(Cc4ccoc4)nnc(C(N)=O)c3s2)cc1. The van der Waals surface area contributed by atoms with Crippen molar-refractivity contribution in [1.29, 1.82) is 0 Å². The van der Waals surface area contributed by atoms with Gasteiger partial charge >= 0.3 is 0 Å². The minimum Gasteiger partial charge on any atom is -0.472 e. The number of aryl methyl sites for hydroxylation is 1. The van der Waals surface area contributed by atoms with E-state index in [4.69, 9.17) is 10.2 Å². The Hall–Kier alpha value is -2.99. The van der Waals surface area contributed by atoms with Gasteiger partial charge in [0, 0.05) is 16.7 Å². The van der Waals surface area contributed by atoms with Crippen LogP contribution in [0.5, 0.6) is 0 Å². The van der Waals surface area contributed by atoms with E-state index in [1.807, 2.05) is 6.07 Å². The topological polar surface area (TPSA) is 82.0 Å². The van der Waals surface area contributed by atoms with E-state index in [1.54, 1.807) is 12.5 Å². The van der Waals surface area contributed by atoms with Crippen LogP contribution in [0.1, 0.15) is 27.3 Å². The number of primary amides is 1. The molecule has 4 aromatic rings. The number of rotatable bonds is 4. The number of carbonyl (C=O) groups is 1. The summed E-state index contributed by atoms with van der Waals surface area (Å²) in [6.07, 6.45) is 3.90. The van der Waals surface area contributed by atoms with Gasteiger partial charge in [-0.1, -0.05) is 29.8 Å². The molecule has 0 aliphatic carbocycles. The molecule has 3 heterocycles. The number of amides is 1. The number of hydrogen-bond donors (Lipinski definition) is 1. The van der Waals surface area contributed by atoms with Crippen LogP contribution in [-0.4, -0.2) is 16.1 Å². The zero-order chi connectivity index (χ0) is 17.4. The van der Waals surface area contributed by atoms with Gasteiger partial charge in [0.05, 0.1) is 22.9 Å². The Labute approximate surface area is 148 Å². The summed E-state index contributed by atoms with van der Waals surface area (Å²) in [5.41, 5.74) is 9.80. The maximum atomic E-state index is 11.7. The summed E-state index contributed by atoms with van der Waals surface area (Å²) in [6, 6.07) is 12.2. The maximum absolute atomic E-state index is 11.7. The summed E-state index contributed by atoms with van der Waals surface area (Å²) in [5.74, 6) is -0.565. The average Bonchev–Trinajstić information content (AvgIpc) is 3.25. The molecule has 3 aromatic heterocycles. The number of benzene rings is 1. The Morgan fingerprint density at radius 1 is 1.20 bits per heavy atom. The van der Waals surface area contributed by atoms with Gasteiger partial charge < -0.3 is 10.2 Å². The van der Waals surface area contributed by atoms with Crippen LogP contribution in [0.15, 0.2) is 53.3 Å². The van der Waals surface area contributed by atoms with Crippen LogP contribution in [0, 0.1) is 6.92 Å². The van der Waals surface area contributed by atoms with E-state index in [0.29, 0.717) is 6.42 Å². The molecule has 0 fully saturated rings. The van der Waals surface area contributed by atoms with Crippen molar-refractivity contribution in [1.82, 2.24) is 10.2 Å². The summed E-state index contributed by atoms with van der Waals surface area (Å²) < 4.78 is 5.90. The Bertz CT molecular complexity index is 1050. The van der Waals surface area contributed by atoms with Gasteiger partial charge in [-0.2, -0.15) is 5.10 Å². The van der Waals surface area contributed by atoms with Crippen LogP contribution in [-0.2, 0) is 6.42 Å². The van der Waals surface area contributed by atoms with Crippen LogP contribution in [0.4, 0.5) is 0 Å². The molecule has 4 rings (SSSR count). The van der Waals surface area contributed by atoms with Crippen molar-refractivity contribution in [3.05, 3.63) is 71.4 Å². The first-order valence-corrected chi connectivity index (χ1v) is 8.60. The second-order valence-electron chi connectivity index (χ2n) is 5.89. The molecular formula is C19H15N3O2S. The van der Waals surface area contributed by atoms with E-state index in [1.165, 1.54) is 16.9 Å². The fourth-order valence-electron chi connectivity index (χ4n) is 2.73. The lowest BCUT2D eigenvalue weighted by molar-refractivity contribution is 0.0996. The number of hydrogen-bond acceptors (Lipinski definition) is 5. The van der Waals surface area contributed by atoms with Crippen LogP contribution >= 0.6 is 11.3 Å². The highest BCUT2D eigenvalue weighted by atomic mass is 32.1. The van der Waals surface area contributed by atoms with Crippen LogP contribution < -0.4 is 5.73 Å².